The van der Waals surface area contributed by atoms with Gasteiger partial charge in [-0.05, 0) is 29.0 Å². The molecule has 6 nitrogen and oxygen atoms in total. The molecule has 1 aliphatic heterocycles. The summed E-state index contributed by atoms with van der Waals surface area (Å²) in [4.78, 5) is 14.1. The minimum Gasteiger partial charge on any atom is -0.311 e. The summed E-state index contributed by atoms with van der Waals surface area (Å²) >= 11 is 0.967. The summed E-state index contributed by atoms with van der Waals surface area (Å²) in [5.41, 5.74) is 0.774. The predicted octanol–water partition coefficient (Wildman–Crippen LogP) is 2.13. The second kappa shape index (κ2) is 6.19. The number of tetrazole rings is 1. The van der Waals surface area contributed by atoms with E-state index in [4.69, 9.17) is 0 Å². The van der Waals surface area contributed by atoms with E-state index in [-0.39, 0.29) is 11.1 Å². The number of amides is 1. The maximum Gasteiger partial charge on any atom is 0.408 e. The lowest BCUT2D eigenvalue weighted by atomic mass is 10.3. The molecule has 1 unspecified atom stereocenters. The molecule has 2 aromatic rings. The quantitative estimate of drug-likeness (QED) is 0.851. The SMILES string of the molecule is O=C1C(Sc2nnnn2CC(F)(F)F)CCN1c1ccccc1. The lowest BCUT2D eigenvalue weighted by Gasteiger charge is -2.16. The van der Waals surface area contributed by atoms with Crippen LogP contribution >= 0.6 is 11.8 Å². The number of hydrogen-bond acceptors (Lipinski definition) is 5. The first kappa shape index (κ1) is 15.8. The van der Waals surface area contributed by atoms with Crippen molar-refractivity contribution in [1.82, 2.24) is 20.2 Å². The number of rotatable bonds is 4. The average molecular weight is 343 g/mol. The lowest BCUT2D eigenvalue weighted by molar-refractivity contribution is -0.144. The van der Waals surface area contributed by atoms with Gasteiger partial charge in [-0.1, -0.05) is 30.0 Å². The van der Waals surface area contributed by atoms with E-state index in [0.717, 1.165) is 17.4 Å². The average Bonchev–Trinajstić information content (AvgIpc) is 3.07. The largest absolute Gasteiger partial charge is 0.408 e. The van der Waals surface area contributed by atoms with Crippen molar-refractivity contribution in [1.29, 1.82) is 0 Å². The first-order chi connectivity index (χ1) is 10.9. The Morgan fingerprint density at radius 2 is 2.00 bits per heavy atom. The Hall–Kier alpha value is -2.10. The van der Waals surface area contributed by atoms with Crippen LogP contribution in [0.3, 0.4) is 0 Å². The number of nitrogens with zero attached hydrogens (tertiary/aromatic N) is 5. The van der Waals surface area contributed by atoms with Crippen molar-refractivity contribution in [2.24, 2.45) is 0 Å². The molecule has 0 bridgehead atoms. The Morgan fingerprint density at radius 3 is 2.70 bits per heavy atom. The van der Waals surface area contributed by atoms with Crippen LogP contribution in [0.1, 0.15) is 6.42 Å². The van der Waals surface area contributed by atoms with Crippen LogP contribution in [0.25, 0.3) is 0 Å². The Bertz CT molecular complexity index is 690. The highest BCUT2D eigenvalue weighted by atomic mass is 32.2. The first-order valence-electron chi connectivity index (χ1n) is 6.80. The molecule has 1 aromatic carbocycles. The van der Waals surface area contributed by atoms with Crippen LogP contribution in [0.4, 0.5) is 18.9 Å². The van der Waals surface area contributed by atoms with E-state index < -0.39 is 18.0 Å². The van der Waals surface area contributed by atoms with E-state index in [0.29, 0.717) is 17.6 Å². The maximum atomic E-state index is 12.5. The molecule has 3 rings (SSSR count). The number of anilines is 1. The van der Waals surface area contributed by atoms with Gasteiger partial charge in [-0.25, -0.2) is 4.68 Å². The lowest BCUT2D eigenvalue weighted by Crippen LogP contribution is -2.28. The highest BCUT2D eigenvalue weighted by Crippen LogP contribution is 2.32. The van der Waals surface area contributed by atoms with Crippen molar-refractivity contribution in [3.63, 3.8) is 0 Å². The normalized spacial score (nSPS) is 18.7. The van der Waals surface area contributed by atoms with Crippen LogP contribution in [-0.4, -0.2) is 44.1 Å². The monoisotopic (exact) mass is 343 g/mol. The Labute approximate surface area is 133 Å². The molecule has 2 heterocycles. The van der Waals surface area contributed by atoms with Gasteiger partial charge in [0.1, 0.15) is 6.54 Å². The highest BCUT2D eigenvalue weighted by Gasteiger charge is 2.36. The number of carbonyl (C=O) groups excluding carboxylic acids is 1. The maximum absolute atomic E-state index is 12.5. The summed E-state index contributed by atoms with van der Waals surface area (Å²) in [5, 5.41) is 9.70. The highest BCUT2D eigenvalue weighted by molar-refractivity contribution is 8.00. The Morgan fingerprint density at radius 1 is 1.26 bits per heavy atom. The number of carbonyl (C=O) groups is 1. The summed E-state index contributed by atoms with van der Waals surface area (Å²) in [6.07, 6.45) is -3.89. The van der Waals surface area contributed by atoms with Gasteiger partial charge >= 0.3 is 6.18 Å². The molecule has 0 spiro atoms. The summed E-state index contributed by atoms with van der Waals surface area (Å²) in [7, 11) is 0. The van der Waals surface area contributed by atoms with Gasteiger partial charge in [-0.2, -0.15) is 13.2 Å². The second-order valence-electron chi connectivity index (χ2n) is 4.95. The van der Waals surface area contributed by atoms with Gasteiger partial charge in [0.25, 0.3) is 0 Å². The third-order valence-electron chi connectivity index (χ3n) is 3.30. The van der Waals surface area contributed by atoms with E-state index in [2.05, 4.69) is 15.5 Å². The molecule has 23 heavy (non-hydrogen) atoms. The second-order valence-corrected chi connectivity index (χ2v) is 6.12. The molecule has 1 atom stereocenters. The van der Waals surface area contributed by atoms with E-state index >= 15 is 0 Å². The molecule has 122 valence electrons. The van der Waals surface area contributed by atoms with Crippen LogP contribution < -0.4 is 4.90 Å². The van der Waals surface area contributed by atoms with Crippen LogP contribution in [-0.2, 0) is 11.3 Å². The molecule has 1 aliphatic rings. The van der Waals surface area contributed by atoms with E-state index in [1.165, 1.54) is 0 Å². The number of alkyl halides is 3. The van der Waals surface area contributed by atoms with Gasteiger partial charge in [0.2, 0.25) is 11.1 Å². The van der Waals surface area contributed by atoms with Gasteiger partial charge in [0.05, 0.1) is 5.25 Å². The minimum atomic E-state index is -4.42. The van der Waals surface area contributed by atoms with E-state index in [1.807, 2.05) is 30.3 Å². The van der Waals surface area contributed by atoms with Crippen LogP contribution in [0.5, 0.6) is 0 Å². The van der Waals surface area contributed by atoms with Gasteiger partial charge in [0.15, 0.2) is 0 Å². The smallest absolute Gasteiger partial charge is 0.311 e. The van der Waals surface area contributed by atoms with Gasteiger partial charge < -0.3 is 4.90 Å². The molecule has 0 aliphatic carbocycles. The van der Waals surface area contributed by atoms with Gasteiger partial charge in [-0.15, -0.1) is 5.10 Å². The van der Waals surface area contributed by atoms with Crippen molar-refractivity contribution < 1.29 is 18.0 Å². The third kappa shape index (κ3) is 3.63. The van der Waals surface area contributed by atoms with Gasteiger partial charge in [-0.3, -0.25) is 4.79 Å². The fourth-order valence-corrected chi connectivity index (χ4v) is 3.32. The Kier molecular flexibility index (Phi) is 4.24. The molecule has 1 fully saturated rings. The van der Waals surface area contributed by atoms with Crippen molar-refractivity contribution >= 4 is 23.4 Å². The van der Waals surface area contributed by atoms with Crippen molar-refractivity contribution in [3.05, 3.63) is 30.3 Å². The van der Waals surface area contributed by atoms with Crippen LogP contribution in [0, 0.1) is 0 Å². The number of benzene rings is 1. The molecule has 0 N–H and O–H groups in total. The van der Waals surface area contributed by atoms with Crippen molar-refractivity contribution in [2.75, 3.05) is 11.4 Å². The zero-order valence-electron chi connectivity index (χ0n) is 11.8. The van der Waals surface area contributed by atoms with Gasteiger partial charge in [0, 0.05) is 12.2 Å². The molecule has 0 radical (unpaired) electrons. The minimum absolute atomic E-state index is 0.00409. The fraction of sp³-hybridized carbons (Fsp3) is 0.385. The summed E-state index contributed by atoms with van der Waals surface area (Å²) in [5.74, 6) is -0.150. The summed E-state index contributed by atoms with van der Waals surface area (Å²) in [6, 6.07) is 9.14. The molecule has 1 amide bonds. The zero-order chi connectivity index (χ0) is 16.4. The third-order valence-corrected chi connectivity index (χ3v) is 4.53. The number of aromatic nitrogens is 4. The van der Waals surface area contributed by atoms with Crippen LogP contribution in [0.15, 0.2) is 35.5 Å². The number of para-hydroxylation sites is 1. The fourth-order valence-electron chi connectivity index (χ4n) is 2.30. The number of thioether (sulfide) groups is 1. The molecule has 1 saturated heterocycles. The molecular weight excluding hydrogens is 331 g/mol. The topological polar surface area (TPSA) is 63.9 Å². The Balaban J connectivity index is 1.71. The molecule has 10 heteroatoms. The molecule has 1 aromatic heterocycles. The molecule has 0 saturated carbocycles. The summed E-state index contributed by atoms with van der Waals surface area (Å²) < 4.78 is 38.1. The first-order valence-corrected chi connectivity index (χ1v) is 7.68. The van der Waals surface area contributed by atoms with Crippen molar-refractivity contribution in [2.45, 2.75) is 29.5 Å². The zero-order valence-corrected chi connectivity index (χ0v) is 12.6. The molecular formula is C13H12F3N5OS. The predicted molar refractivity (Wildman–Crippen MR) is 76.9 cm³/mol. The number of hydrogen-bond donors (Lipinski definition) is 0. The van der Waals surface area contributed by atoms with Crippen LogP contribution in [0.2, 0.25) is 0 Å². The number of halogens is 3. The van der Waals surface area contributed by atoms with E-state index in [1.54, 1.807) is 4.90 Å². The standard InChI is InChI=1S/C13H12F3N5OS/c14-13(15,16)8-21-12(17-18-19-21)23-10-6-7-20(11(10)22)9-4-2-1-3-5-9/h1-5,10H,6-8H2. The van der Waals surface area contributed by atoms with Crippen molar-refractivity contribution in [3.8, 4) is 0 Å². The summed E-state index contributed by atoms with van der Waals surface area (Å²) in [6.45, 7) is -0.757. The van der Waals surface area contributed by atoms with E-state index in [9.17, 15) is 18.0 Å².